The Kier molecular flexibility index (Phi) is 4.94. The summed E-state index contributed by atoms with van der Waals surface area (Å²) in [4.78, 5) is -0.0399. The molecule has 1 aliphatic rings. The average molecular weight is 319 g/mol. The highest BCUT2D eigenvalue weighted by atomic mass is 32.2. The van der Waals surface area contributed by atoms with Crippen molar-refractivity contribution in [1.29, 1.82) is 0 Å². The van der Waals surface area contributed by atoms with E-state index in [1.54, 1.807) is 6.07 Å². The van der Waals surface area contributed by atoms with Crippen LogP contribution in [0.4, 0.5) is 0 Å². The summed E-state index contributed by atoms with van der Waals surface area (Å²) in [5.41, 5.74) is 0. The van der Waals surface area contributed by atoms with Gasteiger partial charge in [-0.2, -0.15) is 4.72 Å². The molecule has 1 heterocycles. The summed E-state index contributed by atoms with van der Waals surface area (Å²) in [6, 6.07) is 7.41. The minimum atomic E-state index is -3.97. The van der Waals surface area contributed by atoms with Crippen LogP contribution in [0.2, 0.25) is 0 Å². The quantitative estimate of drug-likeness (QED) is 0.423. The summed E-state index contributed by atoms with van der Waals surface area (Å²) in [5.74, 6) is 0. The first-order chi connectivity index (χ1) is 9.86. The first-order valence-electron chi connectivity index (χ1n) is 6.24. The molecule has 1 aromatic carbocycles. The lowest BCUT2D eigenvalue weighted by Crippen LogP contribution is -2.63. The van der Waals surface area contributed by atoms with Crippen LogP contribution in [-0.2, 0) is 14.8 Å². The normalized spacial score (nSPS) is 33.8. The molecule has 9 heteroatoms. The van der Waals surface area contributed by atoms with Gasteiger partial charge in [0, 0.05) is 0 Å². The molecule has 0 aliphatic carbocycles. The molecule has 21 heavy (non-hydrogen) atoms. The van der Waals surface area contributed by atoms with E-state index in [0.29, 0.717) is 0 Å². The number of hydrogen-bond donors (Lipinski definition) is 5. The number of aliphatic hydroxyl groups is 4. The number of aliphatic hydroxyl groups excluding tert-OH is 4. The lowest BCUT2D eigenvalue weighted by Gasteiger charge is -2.39. The maximum absolute atomic E-state index is 12.1. The Morgan fingerprint density at radius 3 is 2.24 bits per heavy atom. The van der Waals surface area contributed by atoms with Gasteiger partial charge < -0.3 is 25.2 Å². The van der Waals surface area contributed by atoms with E-state index in [0.717, 1.165) is 0 Å². The zero-order chi connectivity index (χ0) is 15.6. The molecular formula is C12H17NO7S. The van der Waals surface area contributed by atoms with E-state index < -0.39 is 47.3 Å². The Labute approximate surface area is 121 Å². The van der Waals surface area contributed by atoms with Gasteiger partial charge in [-0.15, -0.1) is 0 Å². The van der Waals surface area contributed by atoms with Crippen LogP contribution in [0.1, 0.15) is 0 Å². The maximum Gasteiger partial charge on any atom is 0.242 e. The molecule has 1 saturated heterocycles. The molecule has 8 nitrogen and oxygen atoms in total. The Morgan fingerprint density at radius 2 is 1.67 bits per heavy atom. The van der Waals surface area contributed by atoms with Crippen molar-refractivity contribution in [3.05, 3.63) is 30.3 Å². The van der Waals surface area contributed by atoms with E-state index in [1.165, 1.54) is 24.3 Å². The van der Waals surface area contributed by atoms with Gasteiger partial charge in [0.05, 0.1) is 11.5 Å². The van der Waals surface area contributed by atoms with Gasteiger partial charge in [0.25, 0.3) is 0 Å². The zero-order valence-corrected chi connectivity index (χ0v) is 11.7. The van der Waals surface area contributed by atoms with Crippen molar-refractivity contribution in [2.45, 2.75) is 35.5 Å². The smallest absolute Gasteiger partial charge is 0.242 e. The van der Waals surface area contributed by atoms with Crippen LogP contribution in [0.3, 0.4) is 0 Å². The first kappa shape index (κ1) is 16.3. The van der Waals surface area contributed by atoms with Crippen LogP contribution in [0, 0.1) is 0 Å². The summed E-state index contributed by atoms with van der Waals surface area (Å²) in [6.07, 6.45) is -7.50. The highest BCUT2D eigenvalue weighted by Gasteiger charge is 2.44. The number of hydrogen-bond acceptors (Lipinski definition) is 7. The minimum Gasteiger partial charge on any atom is -0.394 e. The highest BCUT2D eigenvalue weighted by Crippen LogP contribution is 2.21. The van der Waals surface area contributed by atoms with Crippen LogP contribution in [0.25, 0.3) is 0 Å². The maximum atomic E-state index is 12.1. The predicted molar refractivity (Wildman–Crippen MR) is 70.5 cm³/mol. The fourth-order valence-electron chi connectivity index (χ4n) is 2.02. The zero-order valence-electron chi connectivity index (χ0n) is 10.9. The Balaban J connectivity index is 2.18. The lowest BCUT2D eigenvalue weighted by atomic mass is 9.99. The molecule has 0 bridgehead atoms. The monoisotopic (exact) mass is 319 g/mol. The van der Waals surface area contributed by atoms with E-state index >= 15 is 0 Å². The third-order valence-corrected chi connectivity index (χ3v) is 4.65. The van der Waals surface area contributed by atoms with Crippen LogP contribution in [-0.4, -0.2) is 66.1 Å². The van der Waals surface area contributed by atoms with Gasteiger partial charge in [0.1, 0.15) is 24.4 Å². The number of ether oxygens (including phenoxy) is 1. The summed E-state index contributed by atoms with van der Waals surface area (Å²) in [5, 5.41) is 38.1. The van der Waals surface area contributed by atoms with Gasteiger partial charge in [0.2, 0.25) is 10.0 Å². The van der Waals surface area contributed by atoms with Crippen molar-refractivity contribution in [3.8, 4) is 0 Å². The number of rotatable bonds is 4. The summed E-state index contributed by atoms with van der Waals surface area (Å²) in [7, 11) is -3.97. The summed E-state index contributed by atoms with van der Waals surface area (Å²) < 4.78 is 31.4. The van der Waals surface area contributed by atoms with Crippen molar-refractivity contribution >= 4 is 10.0 Å². The van der Waals surface area contributed by atoms with E-state index in [4.69, 9.17) is 9.84 Å². The molecule has 0 spiro atoms. The molecule has 0 unspecified atom stereocenters. The molecule has 118 valence electrons. The third kappa shape index (κ3) is 3.40. The highest BCUT2D eigenvalue weighted by molar-refractivity contribution is 7.89. The Bertz CT molecular complexity index is 562. The van der Waals surface area contributed by atoms with E-state index in [-0.39, 0.29) is 4.90 Å². The number of nitrogens with one attached hydrogen (secondary N) is 1. The standard InChI is InChI=1S/C12H17NO7S/c14-6-8-9(15)10(16)11(17)12(20-8)13-21(18,19)7-4-2-1-3-5-7/h1-5,8-17H,6H2/t8-,9+,10+,11-,12-/m1/s1. The van der Waals surface area contributed by atoms with Crippen molar-refractivity contribution < 1.29 is 33.6 Å². The van der Waals surface area contributed by atoms with Crippen LogP contribution in [0.5, 0.6) is 0 Å². The van der Waals surface area contributed by atoms with Crippen molar-refractivity contribution in [2.24, 2.45) is 0 Å². The molecule has 1 fully saturated rings. The molecule has 5 atom stereocenters. The molecule has 0 radical (unpaired) electrons. The number of sulfonamides is 1. The lowest BCUT2D eigenvalue weighted by molar-refractivity contribution is -0.231. The number of benzene rings is 1. The van der Waals surface area contributed by atoms with Gasteiger partial charge >= 0.3 is 0 Å². The topological polar surface area (TPSA) is 136 Å². The van der Waals surface area contributed by atoms with Crippen molar-refractivity contribution in [3.63, 3.8) is 0 Å². The fraction of sp³-hybridized carbons (Fsp3) is 0.500. The van der Waals surface area contributed by atoms with Gasteiger partial charge in [-0.1, -0.05) is 18.2 Å². The Hall–Kier alpha value is -1.07. The molecule has 1 aliphatic heterocycles. The molecule has 1 aromatic rings. The van der Waals surface area contributed by atoms with Crippen LogP contribution >= 0.6 is 0 Å². The predicted octanol–water partition coefficient (Wildman–Crippen LogP) is -2.24. The fourth-order valence-corrected chi connectivity index (χ4v) is 3.17. The van der Waals surface area contributed by atoms with Gasteiger partial charge in [-0.05, 0) is 12.1 Å². The van der Waals surface area contributed by atoms with Gasteiger partial charge in [-0.3, -0.25) is 0 Å². The van der Waals surface area contributed by atoms with Gasteiger partial charge in [0.15, 0.2) is 6.23 Å². The van der Waals surface area contributed by atoms with Gasteiger partial charge in [-0.25, -0.2) is 8.42 Å². The second-order valence-corrected chi connectivity index (χ2v) is 6.40. The van der Waals surface area contributed by atoms with E-state index in [1.807, 2.05) is 0 Å². The van der Waals surface area contributed by atoms with Crippen molar-refractivity contribution in [2.75, 3.05) is 6.61 Å². The largest absolute Gasteiger partial charge is 0.394 e. The average Bonchev–Trinajstić information content (AvgIpc) is 2.48. The SMILES string of the molecule is O=S(=O)(N[C@@H]1O[C@H](CO)[C@H](O)[C@H](O)[C@H]1O)c1ccccc1. The molecule has 5 N–H and O–H groups in total. The second kappa shape index (κ2) is 6.36. The third-order valence-electron chi connectivity index (χ3n) is 3.22. The summed E-state index contributed by atoms with van der Waals surface area (Å²) in [6.45, 7) is -0.630. The Morgan fingerprint density at radius 1 is 1.05 bits per heavy atom. The van der Waals surface area contributed by atoms with E-state index in [9.17, 15) is 23.7 Å². The second-order valence-electron chi connectivity index (χ2n) is 4.68. The van der Waals surface area contributed by atoms with Crippen LogP contribution < -0.4 is 4.72 Å². The van der Waals surface area contributed by atoms with E-state index in [2.05, 4.69) is 4.72 Å². The molecule has 0 saturated carbocycles. The molecule has 0 aromatic heterocycles. The van der Waals surface area contributed by atoms with Crippen molar-refractivity contribution in [1.82, 2.24) is 4.72 Å². The molecule has 2 rings (SSSR count). The molecular weight excluding hydrogens is 302 g/mol. The summed E-state index contributed by atoms with van der Waals surface area (Å²) >= 11 is 0. The first-order valence-corrected chi connectivity index (χ1v) is 7.73. The minimum absolute atomic E-state index is 0.0399. The molecule has 0 amide bonds. The van der Waals surface area contributed by atoms with Crippen LogP contribution in [0.15, 0.2) is 35.2 Å².